The Morgan fingerprint density at radius 1 is 1.03 bits per heavy atom. The molecule has 0 atom stereocenters. The lowest BCUT2D eigenvalue weighted by Crippen LogP contribution is -2.40. The molecule has 0 spiro atoms. The van der Waals surface area contributed by atoms with Crippen molar-refractivity contribution in [3.8, 4) is 0 Å². The summed E-state index contributed by atoms with van der Waals surface area (Å²) in [5, 5.41) is 7.76. The number of ether oxygens (including phenoxy) is 1. The number of carbonyl (C=O) groups excluding carboxylic acids is 1. The molecule has 1 N–H and O–H groups in total. The van der Waals surface area contributed by atoms with Crippen molar-refractivity contribution in [1.29, 1.82) is 0 Å². The van der Waals surface area contributed by atoms with Gasteiger partial charge in [0.1, 0.15) is 5.69 Å². The van der Waals surface area contributed by atoms with Crippen LogP contribution in [0.3, 0.4) is 0 Å². The summed E-state index contributed by atoms with van der Waals surface area (Å²) in [6.45, 7) is 3.12. The molecule has 174 valence electrons. The van der Waals surface area contributed by atoms with Crippen LogP contribution < -0.4 is 10.2 Å². The van der Waals surface area contributed by atoms with Gasteiger partial charge in [0, 0.05) is 31.6 Å². The van der Waals surface area contributed by atoms with Gasteiger partial charge in [-0.25, -0.2) is 8.42 Å². The molecule has 3 aromatic rings. The Labute approximate surface area is 192 Å². The van der Waals surface area contributed by atoms with E-state index in [0.717, 1.165) is 37.0 Å². The van der Waals surface area contributed by atoms with Crippen LogP contribution in [0.4, 0.5) is 11.4 Å². The number of fused-ring (bicyclic) bond motifs is 1. The van der Waals surface area contributed by atoms with Gasteiger partial charge in [-0.1, -0.05) is 17.3 Å². The second kappa shape index (κ2) is 9.12. The fraction of sp³-hybridized carbons (Fsp3) is 0.391. The number of morpholine rings is 1. The molecule has 3 heterocycles. The molecule has 0 saturated carbocycles. The van der Waals surface area contributed by atoms with Crippen molar-refractivity contribution >= 4 is 38.3 Å². The fourth-order valence-corrected chi connectivity index (χ4v) is 5.79. The normalized spacial score (nSPS) is 17.5. The zero-order valence-electron chi connectivity index (χ0n) is 18.2. The van der Waals surface area contributed by atoms with E-state index >= 15 is 0 Å². The molecular weight excluding hydrogens is 444 g/mol. The number of sulfonamides is 1. The molecule has 0 aliphatic carbocycles. The maximum atomic E-state index is 13.2. The SMILES string of the molecule is O=C(Cc1noc2ccccc12)Nc1cc(S(=O)(=O)N2CCOCC2)ccc1N1CCCC1. The first-order valence-corrected chi connectivity index (χ1v) is 12.6. The number of amides is 1. The van der Waals surface area contributed by atoms with Gasteiger partial charge in [0.05, 0.1) is 35.9 Å². The number of nitrogens with one attached hydrogen (secondary N) is 1. The van der Waals surface area contributed by atoms with Gasteiger partial charge in [-0.05, 0) is 43.2 Å². The topological polar surface area (TPSA) is 105 Å². The van der Waals surface area contributed by atoms with Crippen molar-refractivity contribution in [2.75, 3.05) is 49.6 Å². The van der Waals surface area contributed by atoms with Crippen LogP contribution in [-0.4, -0.2) is 63.2 Å². The highest BCUT2D eigenvalue weighted by molar-refractivity contribution is 7.89. The number of anilines is 2. The van der Waals surface area contributed by atoms with Crippen LogP contribution in [0.2, 0.25) is 0 Å². The van der Waals surface area contributed by atoms with Crippen molar-refractivity contribution in [3.05, 3.63) is 48.2 Å². The first kappa shape index (κ1) is 21.9. The molecule has 2 aliphatic heterocycles. The summed E-state index contributed by atoms with van der Waals surface area (Å²) in [6, 6.07) is 12.4. The third-order valence-electron chi connectivity index (χ3n) is 6.08. The average Bonchev–Trinajstić information content (AvgIpc) is 3.50. The van der Waals surface area contributed by atoms with Gasteiger partial charge in [0.15, 0.2) is 5.58 Å². The molecule has 2 aliphatic rings. The summed E-state index contributed by atoms with van der Waals surface area (Å²) in [4.78, 5) is 15.3. The van der Waals surface area contributed by atoms with E-state index in [9.17, 15) is 13.2 Å². The third kappa shape index (κ3) is 4.46. The quantitative estimate of drug-likeness (QED) is 0.590. The van der Waals surface area contributed by atoms with Crippen molar-refractivity contribution in [1.82, 2.24) is 9.46 Å². The number of benzene rings is 2. The number of hydrogen-bond acceptors (Lipinski definition) is 7. The minimum Gasteiger partial charge on any atom is -0.379 e. The van der Waals surface area contributed by atoms with Crippen LogP contribution in [0.1, 0.15) is 18.5 Å². The standard InChI is InChI=1S/C23H26N4O5S/c28-23(16-19-18-5-1-2-6-22(18)32-25-19)24-20-15-17(7-8-21(20)26-9-3-4-10-26)33(29,30)27-11-13-31-14-12-27/h1-2,5-8,15H,3-4,9-14,16H2,(H,24,28). The van der Waals surface area contributed by atoms with E-state index in [4.69, 9.17) is 9.26 Å². The van der Waals surface area contributed by atoms with Crippen molar-refractivity contribution in [2.24, 2.45) is 0 Å². The molecule has 33 heavy (non-hydrogen) atoms. The van der Waals surface area contributed by atoms with Gasteiger partial charge in [0.2, 0.25) is 15.9 Å². The van der Waals surface area contributed by atoms with E-state index in [0.29, 0.717) is 43.3 Å². The predicted octanol–water partition coefficient (Wildman–Crippen LogP) is 2.63. The highest BCUT2D eigenvalue weighted by Gasteiger charge is 2.28. The highest BCUT2D eigenvalue weighted by atomic mass is 32.2. The lowest BCUT2D eigenvalue weighted by molar-refractivity contribution is -0.115. The van der Waals surface area contributed by atoms with Gasteiger partial charge >= 0.3 is 0 Å². The first-order chi connectivity index (χ1) is 16.0. The Morgan fingerprint density at radius 2 is 1.79 bits per heavy atom. The van der Waals surface area contributed by atoms with Gasteiger partial charge in [-0.2, -0.15) is 4.31 Å². The lowest BCUT2D eigenvalue weighted by atomic mass is 10.1. The molecule has 2 saturated heterocycles. The molecule has 9 nitrogen and oxygen atoms in total. The summed E-state index contributed by atoms with van der Waals surface area (Å²) < 4.78 is 38.4. The van der Waals surface area contributed by atoms with Crippen LogP contribution >= 0.6 is 0 Å². The molecule has 1 aromatic heterocycles. The number of aromatic nitrogens is 1. The Kier molecular flexibility index (Phi) is 6.05. The van der Waals surface area contributed by atoms with E-state index in [-0.39, 0.29) is 17.2 Å². The zero-order valence-corrected chi connectivity index (χ0v) is 19.0. The highest BCUT2D eigenvalue weighted by Crippen LogP contribution is 2.33. The van der Waals surface area contributed by atoms with E-state index < -0.39 is 10.0 Å². The molecule has 0 bridgehead atoms. The molecular formula is C23H26N4O5S. The van der Waals surface area contributed by atoms with Crippen LogP contribution in [0.15, 0.2) is 51.9 Å². The van der Waals surface area contributed by atoms with E-state index in [1.807, 2.05) is 18.2 Å². The fourth-order valence-electron chi connectivity index (χ4n) is 4.36. The summed E-state index contributed by atoms with van der Waals surface area (Å²) in [5.74, 6) is -0.282. The molecule has 5 rings (SSSR count). The van der Waals surface area contributed by atoms with Gasteiger partial charge in [-0.3, -0.25) is 4.79 Å². The lowest BCUT2D eigenvalue weighted by Gasteiger charge is -2.27. The van der Waals surface area contributed by atoms with Crippen LogP contribution in [0.5, 0.6) is 0 Å². The summed E-state index contributed by atoms with van der Waals surface area (Å²) in [5.41, 5.74) is 2.48. The number of hydrogen-bond donors (Lipinski definition) is 1. The van der Waals surface area contributed by atoms with Crippen molar-refractivity contribution in [2.45, 2.75) is 24.2 Å². The molecule has 0 unspecified atom stereocenters. The Bertz CT molecular complexity index is 1260. The zero-order chi connectivity index (χ0) is 22.8. The molecule has 1 amide bonds. The van der Waals surface area contributed by atoms with E-state index in [1.54, 1.807) is 24.3 Å². The summed E-state index contributed by atoms with van der Waals surface area (Å²) in [7, 11) is -3.68. The second-order valence-electron chi connectivity index (χ2n) is 8.24. The average molecular weight is 471 g/mol. The van der Waals surface area contributed by atoms with E-state index in [1.165, 1.54) is 4.31 Å². The maximum absolute atomic E-state index is 13.2. The Balaban J connectivity index is 1.43. The number of carbonyl (C=O) groups is 1. The Morgan fingerprint density at radius 3 is 2.58 bits per heavy atom. The van der Waals surface area contributed by atoms with Gasteiger partial charge < -0.3 is 19.5 Å². The predicted molar refractivity (Wildman–Crippen MR) is 124 cm³/mol. The maximum Gasteiger partial charge on any atom is 0.243 e. The second-order valence-corrected chi connectivity index (χ2v) is 10.2. The molecule has 10 heteroatoms. The number of para-hydroxylation sites is 1. The Hall–Kier alpha value is -2.95. The smallest absolute Gasteiger partial charge is 0.243 e. The monoisotopic (exact) mass is 470 g/mol. The molecule has 0 radical (unpaired) electrons. The minimum atomic E-state index is -3.68. The largest absolute Gasteiger partial charge is 0.379 e. The van der Waals surface area contributed by atoms with Gasteiger partial charge in [0.25, 0.3) is 0 Å². The van der Waals surface area contributed by atoms with Crippen molar-refractivity contribution in [3.63, 3.8) is 0 Å². The first-order valence-electron chi connectivity index (χ1n) is 11.1. The third-order valence-corrected chi connectivity index (χ3v) is 7.97. The number of rotatable bonds is 6. The van der Waals surface area contributed by atoms with Crippen molar-refractivity contribution < 1.29 is 22.5 Å². The van der Waals surface area contributed by atoms with Crippen LogP contribution in [0, 0.1) is 0 Å². The minimum absolute atomic E-state index is 0.0247. The van der Waals surface area contributed by atoms with Crippen LogP contribution in [0.25, 0.3) is 11.0 Å². The molecule has 2 aromatic carbocycles. The van der Waals surface area contributed by atoms with Crippen LogP contribution in [-0.2, 0) is 26.0 Å². The van der Waals surface area contributed by atoms with Gasteiger partial charge in [-0.15, -0.1) is 0 Å². The molecule has 2 fully saturated rings. The summed E-state index contributed by atoms with van der Waals surface area (Å²) in [6.07, 6.45) is 2.15. The number of nitrogens with zero attached hydrogens (tertiary/aromatic N) is 3. The van der Waals surface area contributed by atoms with E-state index in [2.05, 4.69) is 15.4 Å². The summed E-state index contributed by atoms with van der Waals surface area (Å²) >= 11 is 0.